The number of fused-ring (bicyclic) bond motifs is 1. The molecule has 0 bridgehead atoms. The normalized spacial score (nSPS) is 32.7. The van der Waals surface area contributed by atoms with Crippen LogP contribution in [0.25, 0.3) is 0 Å². The predicted octanol–water partition coefficient (Wildman–Crippen LogP) is 4.41. The molecule has 7 atom stereocenters. The fourth-order valence-electron chi connectivity index (χ4n) is 12.6. The lowest BCUT2D eigenvalue weighted by molar-refractivity contribution is -0.146. The second-order valence-corrected chi connectivity index (χ2v) is 23.4. The molecule has 62 heavy (non-hydrogen) atoms. The molecule has 4 N–H and O–H groups in total. The van der Waals surface area contributed by atoms with Crippen molar-refractivity contribution in [2.24, 2.45) is 33.5 Å². The SMILES string of the molecule is C=C[C@@H]1C[C@]1(NC(=O)[C@@H]1C[C@@]2(CN1C(=O)[C@@H](NC(=O)[C@@H](NC(=O)[C@@H]1CCC(F)(F)CN1C(C)C)C1CCCCC1)C(C)(C)C)C(C)(C)C21CCC1)C(=O)NS(=O)(=O)N1CCCC1. The maximum Gasteiger partial charge on any atom is 0.303 e. The Labute approximate surface area is 367 Å². The third-order valence-corrected chi connectivity index (χ3v) is 18.2. The van der Waals surface area contributed by atoms with Crippen molar-refractivity contribution >= 4 is 39.7 Å². The molecule has 3 heterocycles. The van der Waals surface area contributed by atoms with Gasteiger partial charge in [-0.25, -0.2) is 13.5 Å². The predicted molar refractivity (Wildman–Crippen MR) is 229 cm³/mol. The van der Waals surface area contributed by atoms with E-state index in [1.54, 1.807) is 18.7 Å². The number of piperidine rings is 1. The van der Waals surface area contributed by atoms with Crippen molar-refractivity contribution in [1.29, 1.82) is 0 Å². The summed E-state index contributed by atoms with van der Waals surface area (Å²) in [5, 5.41) is 8.97. The van der Waals surface area contributed by atoms with E-state index in [2.05, 4.69) is 41.1 Å². The topological polar surface area (TPSA) is 177 Å². The van der Waals surface area contributed by atoms with E-state index in [0.29, 0.717) is 45.2 Å². The number of alkyl halides is 2. The first-order valence-electron chi connectivity index (χ1n) is 23.2. The molecule has 0 radical (unpaired) electrons. The lowest BCUT2D eigenvalue weighted by Crippen LogP contribution is -2.64. The van der Waals surface area contributed by atoms with Crippen molar-refractivity contribution in [2.75, 3.05) is 26.2 Å². The summed E-state index contributed by atoms with van der Waals surface area (Å²) < 4.78 is 58.9. The molecule has 0 aromatic heterocycles. The molecule has 3 aliphatic heterocycles. The number of rotatable bonds is 13. The maximum atomic E-state index is 15.3. The first kappa shape index (κ1) is 46.8. The van der Waals surface area contributed by atoms with Crippen LogP contribution < -0.4 is 20.7 Å². The zero-order valence-electron chi connectivity index (χ0n) is 37.9. The highest BCUT2D eigenvalue weighted by atomic mass is 32.2. The summed E-state index contributed by atoms with van der Waals surface area (Å²) >= 11 is 0. The zero-order valence-corrected chi connectivity index (χ0v) is 38.7. The van der Waals surface area contributed by atoms with Gasteiger partial charge in [0, 0.05) is 43.4 Å². The van der Waals surface area contributed by atoms with Crippen molar-refractivity contribution in [3.05, 3.63) is 12.7 Å². The van der Waals surface area contributed by atoms with Gasteiger partial charge >= 0.3 is 10.2 Å². The lowest BCUT2D eigenvalue weighted by atomic mass is 9.73. The van der Waals surface area contributed by atoms with E-state index >= 15 is 4.79 Å². The number of hydrogen-bond donors (Lipinski definition) is 4. The minimum absolute atomic E-state index is 0.0537. The smallest absolute Gasteiger partial charge is 0.303 e. The van der Waals surface area contributed by atoms with Gasteiger partial charge in [-0.05, 0) is 93.8 Å². The Balaban J connectivity index is 1.15. The van der Waals surface area contributed by atoms with Gasteiger partial charge in [-0.2, -0.15) is 12.7 Å². The van der Waals surface area contributed by atoms with Gasteiger partial charge in [0.1, 0.15) is 23.7 Å². The number of nitrogens with zero attached hydrogens (tertiary/aromatic N) is 3. The van der Waals surface area contributed by atoms with Gasteiger partial charge in [-0.1, -0.05) is 66.4 Å². The van der Waals surface area contributed by atoms with Crippen molar-refractivity contribution < 1.29 is 41.2 Å². The average Bonchev–Trinajstić information content (AvgIpc) is 3.63. The van der Waals surface area contributed by atoms with E-state index in [9.17, 15) is 36.4 Å². The largest absolute Gasteiger partial charge is 0.343 e. The second-order valence-electron chi connectivity index (χ2n) is 21.7. The third-order valence-electron chi connectivity index (χ3n) is 16.7. The minimum atomic E-state index is -4.14. The zero-order chi connectivity index (χ0) is 45.4. The number of amides is 5. The number of likely N-dealkylation sites (tertiary alicyclic amines) is 2. The fourth-order valence-corrected chi connectivity index (χ4v) is 13.8. The summed E-state index contributed by atoms with van der Waals surface area (Å²) in [4.78, 5) is 75.8. The van der Waals surface area contributed by atoms with E-state index in [1.807, 2.05) is 20.8 Å². The third kappa shape index (κ3) is 7.99. The molecule has 14 nitrogen and oxygen atoms in total. The standard InChI is InChI=1S/C45H71F2N7O7S/c1-9-30-24-45(30,39(59)51-62(60,61)52-22-13-14-23-52)50-36(56)32-25-43(41(7,8)42(43)19-15-20-42)26-54(32)38(58)34(40(4,5)6)49-37(57)33(29-16-11-10-12-17-29)48-35(55)31-18-21-44(46,47)27-53(31)28(2)3/h9,28-34H,1,10-27H2,2-8H3,(H,48,55)(H,49,57)(H,50,56)(H,51,59)/t30-,31+,32+,33+,34-,43-,45-/m1/s1. The van der Waals surface area contributed by atoms with E-state index < -0.39 is 105 Å². The number of nitrogens with one attached hydrogen (secondary N) is 4. The van der Waals surface area contributed by atoms with E-state index in [1.165, 1.54) is 15.3 Å². The van der Waals surface area contributed by atoms with Crippen LogP contribution in [-0.4, -0.2) is 120 Å². The summed E-state index contributed by atoms with van der Waals surface area (Å²) in [5.74, 6) is -6.56. The molecule has 4 saturated carbocycles. The van der Waals surface area contributed by atoms with Gasteiger partial charge in [0.25, 0.3) is 11.8 Å². The Bertz CT molecular complexity index is 1920. The maximum absolute atomic E-state index is 15.3. The quantitative estimate of drug-likeness (QED) is 0.197. The molecule has 5 amide bonds. The molecule has 2 spiro atoms. The van der Waals surface area contributed by atoms with Crippen LogP contribution in [0.15, 0.2) is 12.7 Å². The van der Waals surface area contributed by atoms with E-state index in [0.717, 1.165) is 38.5 Å². The molecule has 17 heteroatoms. The van der Waals surface area contributed by atoms with Crippen LogP contribution in [0, 0.1) is 33.5 Å². The number of halogens is 2. The summed E-state index contributed by atoms with van der Waals surface area (Å²) in [6, 6.07) is -4.33. The van der Waals surface area contributed by atoms with E-state index in [-0.39, 0.29) is 42.2 Å². The molecule has 4 aliphatic carbocycles. The molecular weight excluding hydrogens is 821 g/mol. The Kier molecular flexibility index (Phi) is 12.3. The summed E-state index contributed by atoms with van der Waals surface area (Å²) in [5.41, 5.74) is -3.09. The molecule has 348 valence electrons. The molecule has 7 rings (SSSR count). The second kappa shape index (κ2) is 16.4. The van der Waals surface area contributed by atoms with Gasteiger partial charge in [0.15, 0.2) is 0 Å². The molecule has 3 saturated heterocycles. The van der Waals surface area contributed by atoms with Gasteiger partial charge in [0.05, 0.1) is 12.6 Å². The highest BCUT2D eigenvalue weighted by Gasteiger charge is 2.85. The van der Waals surface area contributed by atoms with E-state index in [4.69, 9.17) is 0 Å². The highest BCUT2D eigenvalue weighted by molar-refractivity contribution is 7.87. The summed E-state index contributed by atoms with van der Waals surface area (Å²) in [7, 11) is -4.14. The Morgan fingerprint density at radius 3 is 1.98 bits per heavy atom. The Morgan fingerprint density at radius 2 is 1.45 bits per heavy atom. The van der Waals surface area contributed by atoms with Gasteiger partial charge in [-0.15, -0.1) is 6.58 Å². The number of hydrogen-bond acceptors (Lipinski definition) is 8. The highest BCUT2D eigenvalue weighted by Crippen LogP contribution is 2.88. The Hall–Kier alpha value is -3.18. The Morgan fingerprint density at radius 1 is 0.806 bits per heavy atom. The summed E-state index contributed by atoms with van der Waals surface area (Å²) in [6.07, 6.45) is 9.95. The monoisotopic (exact) mass is 892 g/mol. The van der Waals surface area contributed by atoms with Crippen LogP contribution in [0.2, 0.25) is 0 Å². The number of carbonyl (C=O) groups excluding carboxylic acids is 5. The molecule has 0 unspecified atom stereocenters. The average molecular weight is 892 g/mol. The van der Waals surface area contributed by atoms with Gasteiger partial charge < -0.3 is 20.9 Å². The molecule has 7 fully saturated rings. The van der Waals surface area contributed by atoms with Crippen LogP contribution in [0.1, 0.15) is 138 Å². The van der Waals surface area contributed by atoms with Crippen LogP contribution in [0.4, 0.5) is 8.78 Å². The minimum Gasteiger partial charge on any atom is -0.343 e. The molecule has 0 aromatic carbocycles. The summed E-state index contributed by atoms with van der Waals surface area (Å²) in [6.45, 7) is 17.6. The van der Waals surface area contributed by atoms with Crippen LogP contribution in [0.3, 0.4) is 0 Å². The van der Waals surface area contributed by atoms with Crippen LogP contribution in [-0.2, 0) is 34.2 Å². The number of carbonyl (C=O) groups is 5. The van der Waals surface area contributed by atoms with Gasteiger partial charge in [0.2, 0.25) is 23.6 Å². The first-order valence-corrected chi connectivity index (χ1v) is 24.6. The first-order chi connectivity index (χ1) is 28.9. The van der Waals surface area contributed by atoms with Crippen molar-refractivity contribution in [3.63, 3.8) is 0 Å². The van der Waals surface area contributed by atoms with Crippen molar-refractivity contribution in [3.8, 4) is 0 Å². The molecule has 7 aliphatic rings. The molecule has 0 aromatic rings. The van der Waals surface area contributed by atoms with Crippen molar-refractivity contribution in [1.82, 2.24) is 34.8 Å². The lowest BCUT2D eigenvalue weighted by Gasteiger charge is -2.42. The van der Waals surface area contributed by atoms with Crippen LogP contribution in [0.5, 0.6) is 0 Å². The van der Waals surface area contributed by atoms with Crippen molar-refractivity contribution in [2.45, 2.75) is 180 Å². The fraction of sp³-hybridized carbons (Fsp3) is 0.844. The molecular formula is C45H71F2N7O7S. The van der Waals surface area contributed by atoms with Gasteiger partial charge in [-0.3, -0.25) is 28.9 Å². The van der Waals surface area contributed by atoms with Crippen LogP contribution >= 0.6 is 0 Å².